The largest absolute Gasteiger partial charge is 0.393 e. The summed E-state index contributed by atoms with van der Waals surface area (Å²) in [6.45, 7) is 7.30. The van der Waals surface area contributed by atoms with Crippen molar-refractivity contribution in [1.82, 2.24) is 0 Å². The smallest absolute Gasteiger partial charge is 0.0599 e. The Hall–Kier alpha value is -0.340. The highest BCUT2D eigenvalue weighted by molar-refractivity contribution is 5.26. The van der Waals surface area contributed by atoms with Crippen LogP contribution in [-0.2, 0) is 0 Å². The van der Waals surface area contributed by atoms with Crippen molar-refractivity contribution >= 4 is 0 Å². The molecule has 0 heterocycles. The van der Waals surface area contributed by atoms with Crippen molar-refractivity contribution in [2.24, 2.45) is 28.1 Å². The van der Waals surface area contributed by atoms with Crippen molar-refractivity contribution < 1.29 is 10.2 Å². The fraction of sp³-hybridized carbons (Fsp3) is 0.900. The zero-order valence-corrected chi connectivity index (χ0v) is 14.4. The molecule has 2 heteroatoms. The Morgan fingerprint density at radius 2 is 1.64 bits per heavy atom. The predicted molar refractivity (Wildman–Crippen MR) is 88.3 cm³/mol. The number of aliphatic hydroxyl groups is 2. The SMILES string of the molecule is C[C@@]12CC[C@H](O)[C@]1(C)CC[C@H]1[C@H]2CC=C2C[C@H](O)CC[C@]21C. The molecule has 0 spiro atoms. The molecule has 4 aliphatic rings. The normalized spacial score (nSPS) is 57.6. The van der Waals surface area contributed by atoms with E-state index in [2.05, 4.69) is 26.8 Å². The van der Waals surface area contributed by atoms with Crippen molar-refractivity contribution in [1.29, 1.82) is 0 Å². The van der Waals surface area contributed by atoms with E-state index in [4.69, 9.17) is 0 Å². The minimum Gasteiger partial charge on any atom is -0.393 e. The molecule has 0 aromatic carbocycles. The van der Waals surface area contributed by atoms with Crippen LogP contribution in [0.15, 0.2) is 11.6 Å². The lowest BCUT2D eigenvalue weighted by molar-refractivity contribution is -0.124. The van der Waals surface area contributed by atoms with Gasteiger partial charge in [0.1, 0.15) is 0 Å². The number of hydrogen-bond donors (Lipinski definition) is 2. The molecule has 3 fully saturated rings. The maximum absolute atomic E-state index is 10.6. The van der Waals surface area contributed by atoms with Crippen LogP contribution in [-0.4, -0.2) is 22.4 Å². The molecule has 0 aromatic rings. The first kappa shape index (κ1) is 15.2. The number of aliphatic hydroxyl groups excluding tert-OH is 2. The summed E-state index contributed by atoms with van der Waals surface area (Å²) in [6, 6.07) is 0. The molecule has 7 atom stereocenters. The summed E-state index contributed by atoms with van der Waals surface area (Å²) >= 11 is 0. The molecule has 0 unspecified atom stereocenters. The van der Waals surface area contributed by atoms with Crippen molar-refractivity contribution in [3.63, 3.8) is 0 Å². The highest BCUT2D eigenvalue weighted by Crippen LogP contribution is 2.70. The van der Waals surface area contributed by atoms with E-state index in [0.717, 1.165) is 31.6 Å². The van der Waals surface area contributed by atoms with Gasteiger partial charge < -0.3 is 10.2 Å². The Kier molecular flexibility index (Phi) is 3.18. The van der Waals surface area contributed by atoms with E-state index in [-0.39, 0.29) is 23.0 Å². The second kappa shape index (κ2) is 4.60. The number of rotatable bonds is 0. The standard InChI is InChI=1S/C20H32O2/c1-18-9-6-14(21)12-13(18)4-5-16-15(18)7-10-20(3)17(22)8-11-19(16,20)2/h4,14-17,21-22H,5-12H2,1-3H3/t14-,15+,16-,17+,18-,19+,20+/m1/s1. The minimum absolute atomic E-state index is 0.107. The molecule has 22 heavy (non-hydrogen) atoms. The van der Waals surface area contributed by atoms with Gasteiger partial charge in [0.2, 0.25) is 0 Å². The lowest BCUT2D eigenvalue weighted by atomic mass is 9.43. The molecule has 124 valence electrons. The summed E-state index contributed by atoms with van der Waals surface area (Å²) in [4.78, 5) is 0. The van der Waals surface area contributed by atoms with Crippen molar-refractivity contribution in [2.45, 2.75) is 84.3 Å². The zero-order chi connectivity index (χ0) is 15.8. The summed E-state index contributed by atoms with van der Waals surface area (Å²) in [5.41, 5.74) is 2.25. The average molecular weight is 304 g/mol. The molecule has 0 radical (unpaired) electrons. The Morgan fingerprint density at radius 3 is 2.41 bits per heavy atom. The molecule has 0 saturated heterocycles. The van der Waals surface area contributed by atoms with E-state index in [1.807, 2.05) is 0 Å². The first-order valence-corrected chi connectivity index (χ1v) is 9.37. The third kappa shape index (κ3) is 1.69. The Bertz CT molecular complexity index is 512. The highest BCUT2D eigenvalue weighted by Gasteiger charge is 2.64. The third-order valence-electron chi connectivity index (χ3n) is 8.88. The molecule has 2 N–H and O–H groups in total. The summed E-state index contributed by atoms with van der Waals surface area (Å²) in [7, 11) is 0. The van der Waals surface area contributed by atoms with Gasteiger partial charge in [0.15, 0.2) is 0 Å². The fourth-order valence-corrected chi connectivity index (χ4v) is 7.00. The maximum atomic E-state index is 10.6. The lowest BCUT2D eigenvalue weighted by Crippen LogP contribution is -2.56. The summed E-state index contributed by atoms with van der Waals surface area (Å²) in [6.07, 6.45) is 11.1. The Morgan fingerprint density at radius 1 is 0.909 bits per heavy atom. The second-order valence-electron chi connectivity index (χ2n) is 9.42. The molecule has 0 bridgehead atoms. The second-order valence-corrected chi connectivity index (χ2v) is 9.42. The molecule has 4 aliphatic carbocycles. The van der Waals surface area contributed by atoms with E-state index in [9.17, 15) is 10.2 Å². The summed E-state index contributed by atoms with van der Waals surface area (Å²) in [5.74, 6) is 1.47. The molecular weight excluding hydrogens is 272 g/mol. The van der Waals surface area contributed by atoms with Crippen LogP contribution >= 0.6 is 0 Å². The van der Waals surface area contributed by atoms with Crippen LogP contribution in [0.5, 0.6) is 0 Å². The Balaban J connectivity index is 1.73. The summed E-state index contributed by atoms with van der Waals surface area (Å²) in [5, 5.41) is 20.7. The van der Waals surface area contributed by atoms with Crippen LogP contribution in [0.2, 0.25) is 0 Å². The van der Waals surface area contributed by atoms with Gasteiger partial charge in [-0.2, -0.15) is 0 Å². The molecular formula is C20H32O2. The van der Waals surface area contributed by atoms with E-state index in [1.165, 1.54) is 25.7 Å². The Labute approximate surface area is 135 Å². The van der Waals surface area contributed by atoms with Crippen LogP contribution in [0.1, 0.15) is 72.1 Å². The summed E-state index contributed by atoms with van der Waals surface area (Å²) < 4.78 is 0. The van der Waals surface area contributed by atoms with E-state index < -0.39 is 0 Å². The molecule has 0 amide bonds. The van der Waals surface area contributed by atoms with Crippen molar-refractivity contribution in [2.75, 3.05) is 0 Å². The number of allylic oxidation sites excluding steroid dienone is 1. The van der Waals surface area contributed by atoms with Gasteiger partial charge in [0.25, 0.3) is 0 Å². The molecule has 4 rings (SSSR count). The van der Waals surface area contributed by atoms with Crippen molar-refractivity contribution in [3.05, 3.63) is 11.6 Å². The zero-order valence-electron chi connectivity index (χ0n) is 14.4. The molecule has 0 aliphatic heterocycles. The highest BCUT2D eigenvalue weighted by atomic mass is 16.3. The number of hydrogen-bond acceptors (Lipinski definition) is 2. The molecule has 3 saturated carbocycles. The monoisotopic (exact) mass is 304 g/mol. The van der Waals surface area contributed by atoms with Crippen LogP contribution in [0.4, 0.5) is 0 Å². The quantitative estimate of drug-likeness (QED) is 0.663. The van der Waals surface area contributed by atoms with Crippen LogP contribution in [0.25, 0.3) is 0 Å². The maximum Gasteiger partial charge on any atom is 0.0599 e. The van der Waals surface area contributed by atoms with Gasteiger partial charge in [-0.1, -0.05) is 32.4 Å². The van der Waals surface area contributed by atoms with Crippen molar-refractivity contribution in [3.8, 4) is 0 Å². The van der Waals surface area contributed by atoms with Crippen LogP contribution in [0.3, 0.4) is 0 Å². The molecule has 0 aromatic heterocycles. The fourth-order valence-electron chi connectivity index (χ4n) is 7.00. The van der Waals surface area contributed by atoms with E-state index in [1.54, 1.807) is 5.57 Å². The third-order valence-corrected chi connectivity index (χ3v) is 8.88. The van der Waals surface area contributed by atoms with Gasteiger partial charge in [-0.15, -0.1) is 0 Å². The van der Waals surface area contributed by atoms with Gasteiger partial charge >= 0.3 is 0 Å². The first-order valence-electron chi connectivity index (χ1n) is 9.37. The van der Waals surface area contributed by atoms with Gasteiger partial charge in [-0.05, 0) is 79.4 Å². The van der Waals surface area contributed by atoms with Gasteiger partial charge in [0, 0.05) is 0 Å². The van der Waals surface area contributed by atoms with Crippen LogP contribution in [0, 0.1) is 28.1 Å². The van der Waals surface area contributed by atoms with Gasteiger partial charge in [-0.3, -0.25) is 0 Å². The first-order chi connectivity index (χ1) is 10.3. The van der Waals surface area contributed by atoms with E-state index >= 15 is 0 Å². The van der Waals surface area contributed by atoms with E-state index in [0.29, 0.717) is 11.3 Å². The number of fused-ring (bicyclic) bond motifs is 5. The lowest BCUT2D eigenvalue weighted by Gasteiger charge is -2.62. The van der Waals surface area contributed by atoms with Gasteiger partial charge in [0.05, 0.1) is 12.2 Å². The van der Waals surface area contributed by atoms with Gasteiger partial charge in [-0.25, -0.2) is 0 Å². The van der Waals surface area contributed by atoms with Crippen LogP contribution < -0.4 is 0 Å². The minimum atomic E-state index is -0.117. The average Bonchev–Trinajstić information content (AvgIpc) is 2.72. The molecule has 2 nitrogen and oxygen atoms in total. The topological polar surface area (TPSA) is 40.5 Å². The predicted octanol–water partition coefficient (Wildman–Crippen LogP) is 4.06.